The number of hydrogen-bond donors (Lipinski definition) is 2. The maximum absolute atomic E-state index is 12.2. The first kappa shape index (κ1) is 14.7. The second-order valence-electron chi connectivity index (χ2n) is 5.82. The van der Waals surface area contributed by atoms with Crippen molar-refractivity contribution < 1.29 is 9.90 Å². The number of nitrogens with zero attached hydrogens (tertiary/aromatic N) is 2. The summed E-state index contributed by atoms with van der Waals surface area (Å²) in [5, 5.41) is 9.79. The summed E-state index contributed by atoms with van der Waals surface area (Å²) in [6, 6.07) is 2.94. The molecule has 0 unspecified atom stereocenters. The van der Waals surface area contributed by atoms with E-state index >= 15 is 0 Å². The molecule has 1 aliphatic heterocycles. The van der Waals surface area contributed by atoms with E-state index in [4.69, 9.17) is 0 Å². The fourth-order valence-corrected chi connectivity index (χ4v) is 2.42. The van der Waals surface area contributed by atoms with E-state index in [2.05, 4.69) is 9.88 Å². The van der Waals surface area contributed by atoms with Crippen LogP contribution in [0.2, 0.25) is 0 Å². The summed E-state index contributed by atoms with van der Waals surface area (Å²) in [6.07, 6.45) is 1.49. The Morgan fingerprint density at radius 2 is 2.00 bits per heavy atom. The predicted molar refractivity (Wildman–Crippen MR) is 75.7 cm³/mol. The highest BCUT2D eigenvalue weighted by atomic mass is 16.3. The van der Waals surface area contributed by atoms with E-state index in [0.29, 0.717) is 25.2 Å². The number of H-pyrrole nitrogens is 1. The third kappa shape index (κ3) is 3.91. The highest BCUT2D eigenvalue weighted by Crippen LogP contribution is 2.10. The van der Waals surface area contributed by atoms with E-state index < -0.39 is 5.60 Å². The van der Waals surface area contributed by atoms with Crippen molar-refractivity contribution >= 4 is 5.91 Å². The van der Waals surface area contributed by atoms with Crippen LogP contribution in [0.15, 0.2) is 23.1 Å². The molecule has 0 radical (unpaired) electrons. The van der Waals surface area contributed by atoms with Gasteiger partial charge in [-0.05, 0) is 19.9 Å². The summed E-state index contributed by atoms with van der Waals surface area (Å²) in [4.78, 5) is 29.9. The van der Waals surface area contributed by atoms with Gasteiger partial charge in [0.05, 0.1) is 5.60 Å². The van der Waals surface area contributed by atoms with Crippen molar-refractivity contribution in [3.63, 3.8) is 0 Å². The molecule has 0 saturated carbocycles. The van der Waals surface area contributed by atoms with Gasteiger partial charge in [-0.15, -0.1) is 0 Å². The Hall–Kier alpha value is -1.66. The average Bonchev–Trinajstić information content (AvgIpc) is 2.37. The molecule has 0 spiro atoms. The third-order valence-corrected chi connectivity index (χ3v) is 3.29. The topological polar surface area (TPSA) is 76.6 Å². The number of nitrogens with one attached hydrogen (secondary N) is 1. The van der Waals surface area contributed by atoms with Crippen molar-refractivity contribution in [1.82, 2.24) is 14.8 Å². The lowest BCUT2D eigenvalue weighted by Crippen LogP contribution is -2.52. The molecule has 1 aliphatic rings. The van der Waals surface area contributed by atoms with Crippen LogP contribution in [0.4, 0.5) is 0 Å². The van der Waals surface area contributed by atoms with Gasteiger partial charge in [-0.1, -0.05) is 0 Å². The van der Waals surface area contributed by atoms with Gasteiger partial charge >= 0.3 is 0 Å². The first-order valence-electron chi connectivity index (χ1n) is 6.78. The second-order valence-corrected chi connectivity index (χ2v) is 5.82. The van der Waals surface area contributed by atoms with Gasteiger partial charge in [0.2, 0.25) is 5.56 Å². The van der Waals surface area contributed by atoms with E-state index in [0.717, 1.165) is 13.1 Å². The Morgan fingerprint density at radius 3 is 2.55 bits per heavy atom. The highest BCUT2D eigenvalue weighted by Gasteiger charge is 2.25. The van der Waals surface area contributed by atoms with Gasteiger partial charge in [-0.3, -0.25) is 14.5 Å². The van der Waals surface area contributed by atoms with Gasteiger partial charge < -0.3 is 15.0 Å². The number of β-amino-alcohol motifs (C(OH)–C–C–N with tert-alkyl or cyclic N) is 1. The van der Waals surface area contributed by atoms with Gasteiger partial charge in [0.15, 0.2) is 0 Å². The number of pyridine rings is 1. The number of hydrogen-bond acceptors (Lipinski definition) is 4. The van der Waals surface area contributed by atoms with Gasteiger partial charge in [0.1, 0.15) is 0 Å². The molecular weight excluding hydrogens is 258 g/mol. The molecule has 0 bridgehead atoms. The summed E-state index contributed by atoms with van der Waals surface area (Å²) in [6.45, 7) is 6.85. The van der Waals surface area contributed by atoms with Crippen molar-refractivity contribution in [1.29, 1.82) is 0 Å². The van der Waals surface area contributed by atoms with Gasteiger partial charge in [0, 0.05) is 50.6 Å². The zero-order valence-electron chi connectivity index (χ0n) is 11.9. The molecule has 6 nitrogen and oxygen atoms in total. The third-order valence-electron chi connectivity index (χ3n) is 3.29. The van der Waals surface area contributed by atoms with Crippen LogP contribution in [0.3, 0.4) is 0 Å². The Balaban J connectivity index is 1.94. The average molecular weight is 279 g/mol. The van der Waals surface area contributed by atoms with E-state index in [-0.39, 0.29) is 11.5 Å². The number of amides is 1. The van der Waals surface area contributed by atoms with Crippen molar-refractivity contribution in [2.24, 2.45) is 0 Å². The van der Waals surface area contributed by atoms with Crippen LogP contribution in [-0.2, 0) is 0 Å². The number of aromatic amines is 1. The number of carbonyl (C=O) groups is 1. The van der Waals surface area contributed by atoms with Gasteiger partial charge in [-0.25, -0.2) is 0 Å². The lowest BCUT2D eigenvalue weighted by molar-refractivity contribution is 0.0178. The molecule has 0 aliphatic carbocycles. The molecule has 6 heteroatoms. The number of piperazine rings is 1. The summed E-state index contributed by atoms with van der Waals surface area (Å²) in [5.41, 5.74) is -0.569. The van der Waals surface area contributed by atoms with Crippen LogP contribution in [-0.4, -0.2) is 64.1 Å². The summed E-state index contributed by atoms with van der Waals surface area (Å²) >= 11 is 0. The fourth-order valence-electron chi connectivity index (χ4n) is 2.42. The predicted octanol–water partition coefficient (Wildman–Crippen LogP) is -0.0964. The molecule has 2 heterocycles. The van der Waals surface area contributed by atoms with Crippen LogP contribution >= 0.6 is 0 Å². The van der Waals surface area contributed by atoms with Crippen LogP contribution in [0.5, 0.6) is 0 Å². The fraction of sp³-hybridized carbons (Fsp3) is 0.571. The molecule has 1 aromatic heterocycles. The number of rotatable bonds is 3. The maximum Gasteiger partial charge on any atom is 0.254 e. The number of aliphatic hydroxyl groups is 1. The molecule has 1 aromatic rings. The van der Waals surface area contributed by atoms with Crippen LogP contribution in [0, 0.1) is 0 Å². The van der Waals surface area contributed by atoms with Crippen LogP contribution in [0.1, 0.15) is 24.2 Å². The van der Waals surface area contributed by atoms with Crippen molar-refractivity contribution in [3.05, 3.63) is 34.2 Å². The molecule has 110 valence electrons. The monoisotopic (exact) mass is 279 g/mol. The number of aromatic nitrogens is 1. The van der Waals surface area contributed by atoms with Crippen molar-refractivity contribution in [2.75, 3.05) is 32.7 Å². The quantitative estimate of drug-likeness (QED) is 0.810. The Labute approximate surface area is 118 Å². The standard InChI is InChI=1S/C14H21N3O3/c1-14(2,20)10-16-5-7-17(8-6-16)13(19)11-3-4-15-12(18)9-11/h3-4,9,20H,5-8,10H2,1-2H3,(H,15,18). The molecule has 20 heavy (non-hydrogen) atoms. The smallest absolute Gasteiger partial charge is 0.254 e. The minimum atomic E-state index is -0.723. The molecule has 2 rings (SSSR count). The molecule has 1 amide bonds. The minimum Gasteiger partial charge on any atom is -0.389 e. The van der Waals surface area contributed by atoms with Crippen LogP contribution < -0.4 is 5.56 Å². The van der Waals surface area contributed by atoms with E-state index in [1.807, 2.05) is 0 Å². The van der Waals surface area contributed by atoms with Gasteiger partial charge in [0.25, 0.3) is 5.91 Å². The SMILES string of the molecule is CC(C)(O)CN1CCN(C(=O)c2cc[nH]c(=O)c2)CC1. The molecule has 0 aromatic carbocycles. The summed E-state index contributed by atoms with van der Waals surface area (Å²) in [7, 11) is 0. The minimum absolute atomic E-state index is 0.112. The first-order valence-corrected chi connectivity index (χ1v) is 6.78. The molecule has 1 fully saturated rings. The first-order chi connectivity index (χ1) is 9.35. The lowest BCUT2D eigenvalue weighted by atomic mass is 10.1. The second kappa shape index (κ2) is 5.76. The van der Waals surface area contributed by atoms with Gasteiger partial charge in [-0.2, -0.15) is 0 Å². The molecule has 0 atom stereocenters. The zero-order valence-corrected chi connectivity index (χ0v) is 11.9. The summed E-state index contributed by atoms with van der Waals surface area (Å²) < 4.78 is 0. The lowest BCUT2D eigenvalue weighted by Gasteiger charge is -2.37. The zero-order chi connectivity index (χ0) is 14.8. The van der Waals surface area contributed by atoms with E-state index in [1.165, 1.54) is 12.3 Å². The Morgan fingerprint density at radius 1 is 1.35 bits per heavy atom. The van der Waals surface area contributed by atoms with Crippen molar-refractivity contribution in [2.45, 2.75) is 19.4 Å². The Kier molecular flexibility index (Phi) is 4.25. The number of carbonyl (C=O) groups excluding carboxylic acids is 1. The van der Waals surface area contributed by atoms with Crippen LogP contribution in [0.25, 0.3) is 0 Å². The summed E-state index contributed by atoms with van der Waals surface area (Å²) in [5.74, 6) is -0.112. The Bertz CT molecular complexity index is 525. The largest absolute Gasteiger partial charge is 0.389 e. The maximum atomic E-state index is 12.2. The molecular formula is C14H21N3O3. The molecule has 2 N–H and O–H groups in total. The normalized spacial score (nSPS) is 17.2. The van der Waals surface area contributed by atoms with Crippen molar-refractivity contribution in [3.8, 4) is 0 Å². The highest BCUT2D eigenvalue weighted by molar-refractivity contribution is 5.94. The van der Waals surface area contributed by atoms with E-state index in [9.17, 15) is 14.7 Å². The van der Waals surface area contributed by atoms with E-state index in [1.54, 1.807) is 24.8 Å². The molecule has 1 saturated heterocycles.